The largest absolute Gasteiger partial charge is 0.466 e. The van der Waals surface area contributed by atoms with Crippen LogP contribution in [0.15, 0.2) is 10.5 Å². The van der Waals surface area contributed by atoms with E-state index in [1.807, 2.05) is 0 Å². The number of amides is 1. The lowest BCUT2D eigenvalue weighted by atomic mass is 10.1. The Morgan fingerprint density at radius 2 is 1.83 bits per heavy atom. The minimum atomic E-state index is -3.54. The number of furan rings is 1. The van der Waals surface area contributed by atoms with Crippen molar-refractivity contribution >= 4 is 25.8 Å². The van der Waals surface area contributed by atoms with Crippen LogP contribution in [0.2, 0.25) is 0 Å². The van der Waals surface area contributed by atoms with E-state index in [0.29, 0.717) is 17.1 Å². The fourth-order valence-electron chi connectivity index (χ4n) is 3.58. The van der Waals surface area contributed by atoms with E-state index in [4.69, 9.17) is 4.42 Å². The minimum absolute atomic E-state index is 0.0944. The van der Waals surface area contributed by atoms with Crippen LogP contribution in [0.25, 0.3) is 0 Å². The molecule has 0 aromatic carbocycles. The summed E-state index contributed by atoms with van der Waals surface area (Å²) in [5, 5.41) is 0. The van der Waals surface area contributed by atoms with Crippen molar-refractivity contribution in [2.24, 2.45) is 0 Å². The molecular formula is C14H20N2O6S2. The molecular weight excluding hydrogens is 356 g/mol. The van der Waals surface area contributed by atoms with Gasteiger partial charge in [-0.05, 0) is 19.9 Å². The lowest BCUT2D eigenvalue weighted by molar-refractivity contribution is 0.0515. The Balaban J connectivity index is 1.97. The van der Waals surface area contributed by atoms with Crippen LogP contribution in [-0.4, -0.2) is 74.9 Å². The van der Waals surface area contributed by atoms with Crippen LogP contribution in [-0.2, 0) is 19.9 Å². The van der Waals surface area contributed by atoms with Crippen LogP contribution in [0.3, 0.4) is 0 Å². The summed E-state index contributed by atoms with van der Waals surface area (Å²) in [7, 11) is -6.93. The number of carbonyl (C=O) groups excluding carboxylic acids is 1. The molecule has 0 unspecified atom stereocenters. The van der Waals surface area contributed by atoms with Gasteiger partial charge in [-0.25, -0.2) is 16.8 Å². The SMILES string of the molecule is Cc1cc(C(=O)N2CCN(S(C)(=O)=O)[C@@H]3CS(=O)(=O)C[C@@H]32)c(C)o1. The fourth-order valence-corrected chi connectivity index (χ4v) is 6.78. The number of hydrogen-bond donors (Lipinski definition) is 0. The summed E-state index contributed by atoms with van der Waals surface area (Å²) in [5.74, 6) is 0.287. The lowest BCUT2D eigenvalue weighted by Crippen LogP contribution is -2.61. The van der Waals surface area contributed by atoms with E-state index in [1.165, 1.54) is 9.21 Å². The number of rotatable bonds is 2. The molecule has 3 rings (SSSR count). The second-order valence-electron chi connectivity index (χ2n) is 6.41. The Hall–Kier alpha value is -1.39. The van der Waals surface area contributed by atoms with E-state index in [-0.39, 0.29) is 30.5 Å². The summed E-state index contributed by atoms with van der Waals surface area (Å²) >= 11 is 0. The molecule has 24 heavy (non-hydrogen) atoms. The number of piperazine rings is 1. The molecule has 134 valence electrons. The van der Waals surface area contributed by atoms with Crippen LogP contribution in [0.1, 0.15) is 21.9 Å². The second kappa shape index (κ2) is 5.57. The maximum Gasteiger partial charge on any atom is 0.257 e. The van der Waals surface area contributed by atoms with Gasteiger partial charge in [-0.15, -0.1) is 0 Å². The molecule has 8 nitrogen and oxygen atoms in total. The highest BCUT2D eigenvalue weighted by Crippen LogP contribution is 2.30. The van der Waals surface area contributed by atoms with Gasteiger partial charge < -0.3 is 9.32 Å². The summed E-state index contributed by atoms with van der Waals surface area (Å²) in [6, 6.07) is 0.232. The molecule has 10 heteroatoms. The molecule has 2 aliphatic rings. The van der Waals surface area contributed by atoms with E-state index in [1.54, 1.807) is 19.9 Å². The van der Waals surface area contributed by atoms with Crippen molar-refractivity contribution in [2.45, 2.75) is 25.9 Å². The molecule has 0 radical (unpaired) electrons. The maximum atomic E-state index is 12.8. The zero-order chi connectivity index (χ0) is 17.9. The average molecular weight is 376 g/mol. The van der Waals surface area contributed by atoms with Gasteiger partial charge in [0, 0.05) is 13.1 Å². The Kier molecular flexibility index (Phi) is 4.04. The van der Waals surface area contributed by atoms with Crippen molar-refractivity contribution in [3.63, 3.8) is 0 Å². The van der Waals surface area contributed by atoms with Gasteiger partial charge in [-0.1, -0.05) is 0 Å². The molecule has 0 aliphatic carbocycles. The second-order valence-corrected chi connectivity index (χ2v) is 10.5. The molecule has 0 spiro atoms. The van der Waals surface area contributed by atoms with E-state index in [0.717, 1.165) is 6.26 Å². The highest BCUT2D eigenvalue weighted by Gasteiger charge is 2.50. The molecule has 0 bridgehead atoms. The zero-order valence-electron chi connectivity index (χ0n) is 13.7. The van der Waals surface area contributed by atoms with Crippen LogP contribution in [0, 0.1) is 13.8 Å². The topological polar surface area (TPSA) is 105 Å². The molecule has 1 aromatic rings. The van der Waals surface area contributed by atoms with Crippen molar-refractivity contribution in [1.82, 2.24) is 9.21 Å². The van der Waals surface area contributed by atoms with Crippen LogP contribution >= 0.6 is 0 Å². The highest BCUT2D eigenvalue weighted by molar-refractivity contribution is 7.92. The number of hydrogen-bond acceptors (Lipinski definition) is 6. The third-order valence-corrected chi connectivity index (χ3v) is 7.59. The van der Waals surface area contributed by atoms with Crippen molar-refractivity contribution in [2.75, 3.05) is 30.9 Å². The van der Waals surface area contributed by atoms with Crippen molar-refractivity contribution in [1.29, 1.82) is 0 Å². The van der Waals surface area contributed by atoms with Gasteiger partial charge >= 0.3 is 0 Å². The van der Waals surface area contributed by atoms with Crippen molar-refractivity contribution in [3.8, 4) is 0 Å². The molecule has 0 N–H and O–H groups in total. The van der Waals surface area contributed by atoms with E-state index in [2.05, 4.69) is 0 Å². The smallest absolute Gasteiger partial charge is 0.257 e. The molecule has 2 atom stereocenters. The van der Waals surface area contributed by atoms with Gasteiger partial charge in [0.1, 0.15) is 11.5 Å². The van der Waals surface area contributed by atoms with Crippen molar-refractivity contribution < 1.29 is 26.0 Å². The fraction of sp³-hybridized carbons (Fsp3) is 0.643. The van der Waals surface area contributed by atoms with Gasteiger partial charge in [0.15, 0.2) is 9.84 Å². The van der Waals surface area contributed by atoms with E-state index in [9.17, 15) is 21.6 Å². The molecule has 3 heterocycles. The van der Waals surface area contributed by atoms with Crippen LogP contribution in [0.4, 0.5) is 0 Å². The maximum absolute atomic E-state index is 12.8. The third kappa shape index (κ3) is 2.98. The summed E-state index contributed by atoms with van der Waals surface area (Å²) in [6.07, 6.45) is 1.07. The summed E-state index contributed by atoms with van der Waals surface area (Å²) in [6.45, 7) is 3.66. The van der Waals surface area contributed by atoms with E-state index < -0.39 is 31.9 Å². The monoisotopic (exact) mass is 376 g/mol. The Labute approximate surface area is 141 Å². The highest BCUT2D eigenvalue weighted by atomic mass is 32.2. The predicted octanol–water partition coefficient (Wildman–Crippen LogP) is -0.221. The molecule has 2 aliphatic heterocycles. The first-order valence-electron chi connectivity index (χ1n) is 7.55. The normalized spacial score (nSPS) is 27.2. The summed E-state index contributed by atoms with van der Waals surface area (Å²) in [4.78, 5) is 14.3. The Morgan fingerprint density at radius 3 is 2.38 bits per heavy atom. The predicted molar refractivity (Wildman–Crippen MR) is 87.0 cm³/mol. The number of aryl methyl sites for hydroxylation is 2. The number of carbonyl (C=O) groups is 1. The van der Waals surface area contributed by atoms with Crippen LogP contribution in [0.5, 0.6) is 0 Å². The van der Waals surface area contributed by atoms with Gasteiger partial charge in [-0.2, -0.15) is 4.31 Å². The molecule has 2 saturated heterocycles. The van der Waals surface area contributed by atoms with Crippen LogP contribution < -0.4 is 0 Å². The number of sulfone groups is 1. The molecule has 0 saturated carbocycles. The first-order chi connectivity index (χ1) is 11.0. The molecule has 2 fully saturated rings. The number of nitrogens with zero attached hydrogens (tertiary/aromatic N) is 2. The quantitative estimate of drug-likeness (QED) is 0.707. The standard InChI is InChI=1S/C14H20N2O6S2/c1-9-6-11(10(2)22-9)14(17)15-4-5-16(23(3,18)19)13-8-24(20,21)7-12(13)15/h6,12-13H,4-5,7-8H2,1-3H3/t12-,13+/m0/s1. The first kappa shape index (κ1) is 17.4. The summed E-state index contributed by atoms with van der Waals surface area (Å²) in [5.41, 5.74) is 0.392. The number of fused-ring (bicyclic) bond motifs is 1. The van der Waals surface area contributed by atoms with Gasteiger partial charge in [0.2, 0.25) is 10.0 Å². The van der Waals surface area contributed by atoms with Gasteiger partial charge in [0.05, 0.1) is 35.4 Å². The first-order valence-corrected chi connectivity index (χ1v) is 11.2. The third-order valence-electron chi connectivity index (χ3n) is 4.58. The number of sulfonamides is 1. The van der Waals surface area contributed by atoms with Gasteiger partial charge in [0.25, 0.3) is 5.91 Å². The molecule has 1 aromatic heterocycles. The van der Waals surface area contributed by atoms with E-state index >= 15 is 0 Å². The minimum Gasteiger partial charge on any atom is -0.466 e. The summed E-state index contributed by atoms with van der Waals surface area (Å²) < 4.78 is 54.6. The lowest BCUT2D eigenvalue weighted by Gasteiger charge is -2.42. The zero-order valence-corrected chi connectivity index (χ0v) is 15.4. The van der Waals surface area contributed by atoms with Gasteiger partial charge in [-0.3, -0.25) is 4.79 Å². The Bertz CT molecular complexity index is 886. The average Bonchev–Trinajstić information content (AvgIpc) is 2.93. The molecule has 1 amide bonds. The Morgan fingerprint density at radius 1 is 1.21 bits per heavy atom. The van der Waals surface area contributed by atoms with Crippen molar-refractivity contribution in [3.05, 3.63) is 23.2 Å².